The molecule has 3 N–H and O–H groups in total. The van der Waals surface area contributed by atoms with Gasteiger partial charge < -0.3 is 11.1 Å². The molecule has 1 aliphatic carbocycles. The Hall–Kier alpha value is -0.800. The van der Waals surface area contributed by atoms with Gasteiger partial charge in [0, 0.05) is 12.6 Å². The lowest BCUT2D eigenvalue weighted by Gasteiger charge is -2.16. The zero-order chi connectivity index (χ0) is 10.9. The lowest BCUT2D eigenvalue weighted by atomic mass is 10.1. The number of guanidine groups is 1. The predicted molar refractivity (Wildman–Crippen MR) is 61.7 cm³/mol. The van der Waals surface area contributed by atoms with Crippen molar-refractivity contribution < 1.29 is 4.39 Å². The highest BCUT2D eigenvalue weighted by Crippen LogP contribution is 2.16. The normalized spacial score (nSPS) is 19.9. The van der Waals surface area contributed by atoms with Crippen molar-refractivity contribution >= 4 is 5.96 Å². The molecule has 1 rings (SSSR count). The molecule has 0 aromatic heterocycles. The fraction of sp³-hybridized carbons (Fsp3) is 0.909. The monoisotopic (exact) mass is 215 g/mol. The van der Waals surface area contributed by atoms with Crippen LogP contribution < -0.4 is 11.1 Å². The Labute approximate surface area is 91.3 Å². The maximum absolute atomic E-state index is 11.8. The molecule has 3 nitrogen and oxygen atoms in total. The van der Waals surface area contributed by atoms with Crippen molar-refractivity contribution in [1.82, 2.24) is 5.32 Å². The van der Waals surface area contributed by atoms with Gasteiger partial charge in [0.05, 0.1) is 6.67 Å². The third kappa shape index (κ3) is 5.60. The summed E-state index contributed by atoms with van der Waals surface area (Å²) < 4.78 is 11.8. The lowest BCUT2D eigenvalue weighted by molar-refractivity contribution is 0.476. The molecule has 4 heteroatoms. The third-order valence-electron chi connectivity index (χ3n) is 2.78. The number of nitrogens with zero attached hydrogens (tertiary/aromatic N) is 1. The van der Waals surface area contributed by atoms with Crippen LogP contribution in [0.15, 0.2) is 4.99 Å². The molecule has 0 spiro atoms. The summed E-state index contributed by atoms with van der Waals surface area (Å²) in [4.78, 5) is 4.08. The number of rotatable bonds is 4. The smallest absolute Gasteiger partial charge is 0.188 e. The van der Waals surface area contributed by atoms with E-state index < -0.39 is 0 Å². The van der Waals surface area contributed by atoms with Gasteiger partial charge in [-0.15, -0.1) is 0 Å². The van der Waals surface area contributed by atoms with Gasteiger partial charge in [0.15, 0.2) is 5.96 Å². The topological polar surface area (TPSA) is 50.4 Å². The minimum Gasteiger partial charge on any atom is -0.370 e. The average molecular weight is 215 g/mol. The van der Waals surface area contributed by atoms with Crippen molar-refractivity contribution in [3.05, 3.63) is 0 Å². The number of nitrogens with two attached hydrogens (primary N) is 1. The van der Waals surface area contributed by atoms with E-state index in [0.717, 1.165) is 0 Å². The summed E-state index contributed by atoms with van der Waals surface area (Å²) >= 11 is 0. The van der Waals surface area contributed by atoms with E-state index in [1.54, 1.807) is 0 Å². The highest BCUT2D eigenvalue weighted by Gasteiger charge is 2.11. The van der Waals surface area contributed by atoms with E-state index in [0.29, 0.717) is 25.0 Å². The SMILES string of the molecule is NC(=NCCCF)NC1CCCCCC1. The third-order valence-corrected chi connectivity index (χ3v) is 2.78. The number of hydrogen-bond acceptors (Lipinski definition) is 1. The van der Waals surface area contributed by atoms with Crippen molar-refractivity contribution in [2.75, 3.05) is 13.2 Å². The lowest BCUT2D eigenvalue weighted by Crippen LogP contribution is -2.39. The number of alkyl halides is 1. The molecule has 0 bridgehead atoms. The van der Waals surface area contributed by atoms with Crippen LogP contribution in [-0.4, -0.2) is 25.2 Å². The van der Waals surface area contributed by atoms with Crippen LogP contribution in [0.4, 0.5) is 4.39 Å². The second kappa shape index (κ2) is 7.49. The van der Waals surface area contributed by atoms with Crippen LogP contribution in [-0.2, 0) is 0 Å². The highest BCUT2D eigenvalue weighted by atomic mass is 19.1. The Kier molecular flexibility index (Phi) is 6.12. The fourth-order valence-corrected chi connectivity index (χ4v) is 1.94. The van der Waals surface area contributed by atoms with Crippen LogP contribution in [0.5, 0.6) is 0 Å². The molecular weight excluding hydrogens is 193 g/mol. The van der Waals surface area contributed by atoms with Crippen LogP contribution >= 0.6 is 0 Å². The first-order chi connectivity index (χ1) is 7.33. The molecule has 0 aromatic carbocycles. The van der Waals surface area contributed by atoms with Gasteiger partial charge in [-0.2, -0.15) is 0 Å². The summed E-state index contributed by atoms with van der Waals surface area (Å²) in [6, 6.07) is 0.474. The van der Waals surface area contributed by atoms with Crippen molar-refractivity contribution in [3.63, 3.8) is 0 Å². The minimum atomic E-state index is -0.319. The first kappa shape index (κ1) is 12.3. The first-order valence-corrected chi connectivity index (χ1v) is 5.95. The molecule has 0 saturated heterocycles. The average Bonchev–Trinajstić information content (AvgIpc) is 2.47. The summed E-state index contributed by atoms with van der Waals surface area (Å²) in [6.07, 6.45) is 8.03. The van der Waals surface area contributed by atoms with Crippen molar-refractivity contribution in [2.45, 2.75) is 51.0 Å². The van der Waals surface area contributed by atoms with E-state index in [4.69, 9.17) is 5.73 Å². The summed E-state index contributed by atoms with van der Waals surface area (Å²) in [7, 11) is 0. The van der Waals surface area contributed by atoms with Crippen molar-refractivity contribution in [3.8, 4) is 0 Å². The maximum Gasteiger partial charge on any atom is 0.188 e. The van der Waals surface area contributed by atoms with Gasteiger partial charge >= 0.3 is 0 Å². The highest BCUT2D eigenvalue weighted by molar-refractivity contribution is 5.78. The summed E-state index contributed by atoms with van der Waals surface area (Å²) in [5.74, 6) is 0.482. The molecule has 0 unspecified atom stereocenters. The van der Waals surface area contributed by atoms with Gasteiger partial charge in [-0.25, -0.2) is 0 Å². The molecule has 1 saturated carbocycles. The zero-order valence-corrected chi connectivity index (χ0v) is 9.34. The minimum absolute atomic E-state index is 0.319. The van der Waals surface area contributed by atoms with Crippen LogP contribution in [0.3, 0.4) is 0 Å². The van der Waals surface area contributed by atoms with E-state index in [9.17, 15) is 4.39 Å². The molecule has 0 amide bonds. The summed E-state index contributed by atoms with van der Waals surface area (Å²) in [5, 5.41) is 3.22. The Bertz CT molecular complexity index is 186. The van der Waals surface area contributed by atoms with E-state index in [1.165, 1.54) is 38.5 Å². The van der Waals surface area contributed by atoms with Crippen LogP contribution in [0, 0.1) is 0 Å². The zero-order valence-electron chi connectivity index (χ0n) is 9.34. The summed E-state index contributed by atoms with van der Waals surface area (Å²) in [6.45, 7) is 0.169. The molecule has 0 atom stereocenters. The first-order valence-electron chi connectivity index (χ1n) is 5.95. The number of nitrogens with one attached hydrogen (secondary N) is 1. The predicted octanol–water partition coefficient (Wildman–Crippen LogP) is 1.97. The molecule has 88 valence electrons. The van der Waals surface area contributed by atoms with Crippen molar-refractivity contribution in [2.24, 2.45) is 10.7 Å². The molecule has 0 heterocycles. The largest absolute Gasteiger partial charge is 0.370 e. The van der Waals surface area contributed by atoms with Crippen molar-refractivity contribution in [1.29, 1.82) is 0 Å². The van der Waals surface area contributed by atoms with Gasteiger partial charge in [-0.1, -0.05) is 25.7 Å². The molecule has 15 heavy (non-hydrogen) atoms. The van der Waals surface area contributed by atoms with Crippen LogP contribution in [0.25, 0.3) is 0 Å². The Balaban J connectivity index is 2.22. The second-order valence-corrected chi connectivity index (χ2v) is 4.14. The standard InChI is InChI=1S/C11H22FN3/c12-8-5-9-14-11(13)15-10-6-3-1-2-4-7-10/h10H,1-9H2,(H3,13,14,15). The van der Waals surface area contributed by atoms with Gasteiger partial charge in [-0.05, 0) is 19.3 Å². The second-order valence-electron chi connectivity index (χ2n) is 4.14. The van der Waals surface area contributed by atoms with E-state index in [-0.39, 0.29) is 6.67 Å². The number of aliphatic imine (C=N–C) groups is 1. The van der Waals surface area contributed by atoms with Gasteiger partial charge in [0.2, 0.25) is 0 Å². The molecule has 1 aliphatic rings. The Morgan fingerprint density at radius 1 is 1.27 bits per heavy atom. The quantitative estimate of drug-likeness (QED) is 0.326. The van der Waals surface area contributed by atoms with Crippen LogP contribution in [0.1, 0.15) is 44.9 Å². The van der Waals surface area contributed by atoms with Crippen LogP contribution in [0.2, 0.25) is 0 Å². The number of halogens is 1. The van der Waals surface area contributed by atoms with Gasteiger partial charge in [-0.3, -0.25) is 9.38 Å². The molecular formula is C11H22FN3. The number of hydrogen-bond donors (Lipinski definition) is 2. The maximum atomic E-state index is 11.8. The van der Waals surface area contributed by atoms with E-state index in [1.807, 2.05) is 0 Å². The molecule has 1 fully saturated rings. The van der Waals surface area contributed by atoms with E-state index in [2.05, 4.69) is 10.3 Å². The Morgan fingerprint density at radius 3 is 2.53 bits per heavy atom. The molecule has 0 aromatic rings. The van der Waals surface area contributed by atoms with Gasteiger partial charge in [0.1, 0.15) is 0 Å². The molecule has 0 aliphatic heterocycles. The van der Waals surface area contributed by atoms with E-state index >= 15 is 0 Å². The summed E-state index contributed by atoms with van der Waals surface area (Å²) in [5.41, 5.74) is 5.71. The molecule has 0 radical (unpaired) electrons. The van der Waals surface area contributed by atoms with Gasteiger partial charge in [0.25, 0.3) is 0 Å². The Morgan fingerprint density at radius 2 is 1.93 bits per heavy atom. The fourth-order valence-electron chi connectivity index (χ4n) is 1.94.